The Bertz CT molecular complexity index is 8890. The smallest absolute Gasteiger partial charge is 0.404 e. The fourth-order valence-electron chi connectivity index (χ4n) is 16.3. The Labute approximate surface area is 856 Å². The minimum absolute atomic E-state index is 0.00656. The molecule has 4 aliphatic heterocycles. The first-order valence-corrected chi connectivity index (χ1v) is 61.3. The lowest BCUT2D eigenvalue weighted by Gasteiger charge is -2.41. The first-order valence-electron chi connectivity index (χ1n) is 41.6. The molecule has 0 amide bonds. The number of aromatic nitrogens is 10. The summed E-state index contributed by atoms with van der Waals surface area (Å²) in [4.78, 5) is 38.1. The van der Waals surface area contributed by atoms with Crippen LogP contribution in [-0.2, 0) is 77.3 Å². The van der Waals surface area contributed by atoms with Gasteiger partial charge in [-0.25, -0.2) is 119 Å². The number of amidine groups is 4. The van der Waals surface area contributed by atoms with Gasteiger partial charge in [-0.05, 0) is 185 Å². The van der Waals surface area contributed by atoms with Crippen molar-refractivity contribution in [2.45, 2.75) is 93.0 Å². The number of fused-ring (bicyclic) bond motifs is 14. The van der Waals surface area contributed by atoms with E-state index in [1.54, 1.807) is 49.3 Å². The second-order valence-corrected chi connectivity index (χ2v) is 57.4. The summed E-state index contributed by atoms with van der Waals surface area (Å²) in [5, 5.41) is 38.3. The highest BCUT2D eigenvalue weighted by atomic mass is 35.5. The minimum atomic E-state index is -5.56. The number of rotatable bonds is 27. The van der Waals surface area contributed by atoms with Crippen LogP contribution in [0.2, 0.25) is 79.5 Å². The summed E-state index contributed by atoms with van der Waals surface area (Å²) < 4.78 is 206. The number of anilines is 6. The molecule has 8 aromatic carbocycles. The van der Waals surface area contributed by atoms with Crippen LogP contribution >= 0.6 is 92.8 Å². The Morgan fingerprint density at radius 1 is 0.444 bits per heavy atom. The Morgan fingerprint density at radius 3 is 1.27 bits per heavy atom. The highest BCUT2D eigenvalue weighted by molar-refractivity contribution is 7.93. The van der Waals surface area contributed by atoms with Gasteiger partial charge in [-0.15, -0.1) is 0 Å². The van der Waals surface area contributed by atoms with E-state index in [9.17, 15) is 44.9 Å². The van der Waals surface area contributed by atoms with Gasteiger partial charge in [0.25, 0.3) is 42.6 Å². The summed E-state index contributed by atoms with van der Waals surface area (Å²) in [5.74, 6) is -3.34. The number of nitrogens with zero attached hydrogens (tertiary/aromatic N) is 22. The zero-order valence-electron chi connectivity index (χ0n) is 74.6. The Kier molecular flexibility index (Phi) is 26.1. The lowest BCUT2D eigenvalue weighted by Crippen LogP contribution is -2.69. The molecule has 2 unspecified atom stereocenters. The Hall–Kier alpha value is -12.0. The Balaban J connectivity index is 0.971. The topological polar surface area (TPSA) is 496 Å². The monoisotopic (exact) mass is 2230 g/mol. The van der Waals surface area contributed by atoms with E-state index in [0.717, 1.165) is 76.4 Å². The molecule has 14 aromatic rings. The number of nitrogens with one attached hydrogen (secondary N) is 4. The fraction of sp³-hybridized carbons (Fsp3) is 0.153. The molecular formula is C85H66Cl8N26O14S6Si3. The van der Waals surface area contributed by atoms with Crippen molar-refractivity contribution in [2.24, 2.45) is 30.0 Å². The fourth-order valence-corrected chi connectivity index (χ4v) is 35.2. The molecule has 57 heteroatoms. The molecule has 0 saturated carbocycles. The molecular weight excluding hydrogens is 2170 g/mol. The van der Waals surface area contributed by atoms with Gasteiger partial charge < -0.3 is 8.23 Å². The number of benzene rings is 8. The summed E-state index contributed by atoms with van der Waals surface area (Å²) in [7, 11) is -31.3. The van der Waals surface area contributed by atoms with E-state index in [1.165, 1.54) is 77.0 Å². The zero-order chi connectivity index (χ0) is 102. The minimum Gasteiger partial charge on any atom is -0.404 e. The normalized spacial score (nSPS) is 14.2. The molecule has 142 heavy (non-hydrogen) atoms. The molecule has 0 radical (unpaired) electrons. The number of nitriles is 2. The van der Waals surface area contributed by atoms with Gasteiger partial charge in [0.1, 0.15) is 80.3 Å². The maximum absolute atomic E-state index is 16.1. The van der Waals surface area contributed by atoms with Gasteiger partial charge >= 0.3 is 8.88 Å². The van der Waals surface area contributed by atoms with Crippen molar-refractivity contribution in [3.05, 3.63) is 265 Å². The van der Waals surface area contributed by atoms with E-state index in [2.05, 4.69) is 55.0 Å². The molecule has 0 fully saturated rings. The van der Waals surface area contributed by atoms with Crippen LogP contribution in [0.25, 0.3) is 54.0 Å². The molecule has 0 aliphatic carbocycles. The van der Waals surface area contributed by atoms with Gasteiger partial charge in [0.05, 0.1) is 109 Å². The molecule has 6 N–H and O–H groups in total. The molecule has 18 rings (SSSR count). The number of aliphatic imine (C=N–C) groups is 4. The van der Waals surface area contributed by atoms with Crippen LogP contribution in [0.15, 0.2) is 196 Å². The number of halogens is 8. The number of aryl methyl sites for hydroxylation is 2. The lowest BCUT2D eigenvalue weighted by atomic mass is 10.1. The van der Waals surface area contributed by atoms with Crippen molar-refractivity contribution < 1.29 is 59.4 Å². The van der Waals surface area contributed by atoms with Crippen LogP contribution < -0.4 is 38.5 Å². The molecule has 6 aromatic heterocycles. The van der Waals surface area contributed by atoms with Crippen molar-refractivity contribution in [1.82, 2.24) is 57.0 Å². The zero-order valence-corrected chi connectivity index (χ0v) is 88.5. The van der Waals surface area contributed by atoms with Crippen LogP contribution in [-0.4, -0.2) is 161 Å². The summed E-state index contributed by atoms with van der Waals surface area (Å²) in [5.41, 5.74) is -1.31. The van der Waals surface area contributed by atoms with Crippen LogP contribution in [0.5, 0.6) is 0 Å². The first-order chi connectivity index (χ1) is 67.1. The summed E-state index contributed by atoms with van der Waals surface area (Å²) in [6.07, 6.45) is 4.77. The summed E-state index contributed by atoms with van der Waals surface area (Å²) in [6.45, 7) is 34.2. The SMILES string of the molecule is [C-]#[N+]c1cnn(-c2c(Cl)cc(C)cc2Cl)c1NS(=O)(=O)c1ccc2c(c1)C1=Nc3c4ccc(S(=O)(=O)Nc5c([N+]#[C-])cnn5-c5c(Cl)cc(S(=O)(=O)NCC)cc5Cl)cc4c4n3[Si](O[Si](C)(C)C)(O[Si](C)(C)C)n3c(c5ccc(N(c6c(C#N)cnn6-c6c(Cl)cc(CC)cc6Cl)S(=O)O)cc5c3=NC2=N1)=NC1=NC(=N4)c2ccc(N(c3c(C#N)cnn3-c3c(Cl)cc(S(=O)(=O)NCC)cc3Cl)S(=O)O)cc21. The molecule has 6 bridgehead atoms. The molecule has 0 spiro atoms. The van der Waals surface area contributed by atoms with E-state index < -0.39 is 115 Å². The predicted octanol–water partition coefficient (Wildman–Crippen LogP) is 17.5. The summed E-state index contributed by atoms with van der Waals surface area (Å²) >= 11 is 49.1. The van der Waals surface area contributed by atoms with Crippen LogP contribution in [0.4, 0.5) is 57.7 Å². The molecule has 2 atom stereocenters. The average molecular weight is 2240 g/mol. The van der Waals surface area contributed by atoms with Crippen molar-refractivity contribution in [2.75, 3.05) is 31.1 Å². The number of hydrogen-bond acceptors (Lipinski definition) is 24. The van der Waals surface area contributed by atoms with Crippen molar-refractivity contribution in [3.63, 3.8) is 0 Å². The van der Waals surface area contributed by atoms with E-state index in [0.29, 0.717) is 17.5 Å². The van der Waals surface area contributed by atoms with Crippen molar-refractivity contribution >= 4 is 283 Å². The average Bonchev–Trinajstić information content (AvgIpc) is 1.52. The third-order valence-electron chi connectivity index (χ3n) is 22.0. The van der Waals surface area contributed by atoms with Crippen LogP contribution in [0.3, 0.4) is 0 Å². The first kappa shape index (κ1) is 100. The second-order valence-electron chi connectivity index (χ2n) is 33.5. The van der Waals surface area contributed by atoms with E-state index in [-0.39, 0.29) is 215 Å². The van der Waals surface area contributed by atoms with Gasteiger partial charge in [-0.3, -0.25) is 27.0 Å². The van der Waals surface area contributed by atoms with Gasteiger partial charge in [-0.1, -0.05) is 114 Å². The quantitative estimate of drug-likeness (QED) is 0.0158. The maximum Gasteiger partial charge on any atom is 0.582 e. The van der Waals surface area contributed by atoms with Gasteiger partial charge in [0, 0.05) is 56.9 Å². The van der Waals surface area contributed by atoms with Crippen LogP contribution in [0, 0.1) is 42.7 Å². The van der Waals surface area contributed by atoms with E-state index in [4.69, 9.17) is 144 Å². The molecule has 10 heterocycles. The van der Waals surface area contributed by atoms with Crippen molar-refractivity contribution in [3.8, 4) is 34.9 Å². The Morgan fingerprint density at radius 2 is 0.824 bits per heavy atom. The van der Waals surface area contributed by atoms with Gasteiger partial charge in [0.2, 0.25) is 31.4 Å². The highest BCUT2D eigenvalue weighted by Crippen LogP contribution is 2.50. The standard InChI is InChI=1S/C85H66Cl8N26O14S6Si3/c1-13-43-26-62(88)72(63(89)27-43)114-84(44(36-94)38-98-114)117(135(122)123)47-17-21-54-58(29-47)80-106-75-53-22-18-48(138(128,129)110-82-68(96-5)40-100-112(82)70-60(86)24-42(4)25-61(70)87)30-57(53)77(105-75)109-79-55-23-19-49(139(130,131)111-83-69(97-6)41-101-113(83)71-64(90)32-50(33-65(71)91)136(124,125)102-14-2)31-59(55)81-107-74-52-20-16-46(28-56(52)76(104-74)108-78(54)118(80)142(119(79)81,132-140(7,8)9)133-141(10,11)12)116(134(120)121)85-45(37-95)39-99-115(85)73-66(92)34-51(35-67(73)93)137(126,127)103-15-3/h16-35,38-41,102-103,110-111H,13-15H2,1-4,7-12H3,(H,120,121)(H,122,123). The summed E-state index contributed by atoms with van der Waals surface area (Å²) in [6, 6.07) is 30.7. The molecule has 0 saturated heterocycles. The number of sulfonamides is 4. The van der Waals surface area contributed by atoms with E-state index in [1.807, 2.05) is 52.3 Å². The lowest BCUT2D eigenvalue weighted by molar-refractivity contribution is 0.340. The highest BCUT2D eigenvalue weighted by Gasteiger charge is 2.57. The van der Waals surface area contributed by atoms with Crippen LogP contribution in [0.1, 0.15) is 65.3 Å². The second kappa shape index (κ2) is 37.0. The number of hydrogen-bond donors (Lipinski definition) is 6. The third kappa shape index (κ3) is 17.4. The largest absolute Gasteiger partial charge is 0.582 e. The molecule has 724 valence electrons. The third-order valence-corrected chi connectivity index (χ3v) is 40.4. The van der Waals surface area contributed by atoms with Crippen molar-refractivity contribution in [1.29, 1.82) is 10.5 Å². The van der Waals surface area contributed by atoms with Gasteiger partial charge in [0.15, 0.2) is 51.6 Å². The van der Waals surface area contributed by atoms with Gasteiger partial charge in [-0.2, -0.15) is 30.9 Å². The van der Waals surface area contributed by atoms with E-state index >= 15 is 16.8 Å². The predicted molar refractivity (Wildman–Crippen MR) is 550 cm³/mol. The molecule has 40 nitrogen and oxygen atoms in total. The maximum atomic E-state index is 16.1. The molecule has 4 aliphatic rings.